The summed E-state index contributed by atoms with van der Waals surface area (Å²) < 4.78 is 1.16. The van der Waals surface area contributed by atoms with Crippen LogP contribution in [-0.2, 0) is 6.54 Å². The van der Waals surface area contributed by atoms with Gasteiger partial charge in [-0.05, 0) is 35.0 Å². The van der Waals surface area contributed by atoms with Crippen molar-refractivity contribution < 1.29 is 0 Å². The van der Waals surface area contributed by atoms with Crippen molar-refractivity contribution in [3.8, 4) is 0 Å². The second-order valence-corrected chi connectivity index (χ2v) is 5.67. The number of hydrogen-bond donors (Lipinski definition) is 2. The molecule has 2 rings (SSSR count). The average Bonchev–Trinajstić information content (AvgIpc) is 2.84. The predicted octanol–water partition coefficient (Wildman–Crippen LogP) is 2.48. The fraction of sp³-hybridized carbons (Fsp3) is 0.333. The first kappa shape index (κ1) is 10.8. The topological polar surface area (TPSA) is 53.6 Å². The van der Waals surface area contributed by atoms with E-state index in [0.29, 0.717) is 12.6 Å². The van der Waals surface area contributed by atoms with E-state index >= 15 is 0 Å². The van der Waals surface area contributed by atoms with E-state index in [1.165, 1.54) is 11.2 Å². The molecule has 15 heavy (non-hydrogen) atoms. The summed E-state index contributed by atoms with van der Waals surface area (Å²) in [5.41, 5.74) is 0. The Morgan fingerprint density at radius 1 is 1.60 bits per heavy atom. The highest BCUT2D eigenvalue weighted by atomic mass is 79.9. The smallest absolute Gasteiger partial charge is 0.138 e. The van der Waals surface area contributed by atoms with E-state index in [9.17, 15) is 0 Å². The summed E-state index contributed by atoms with van der Waals surface area (Å²) >= 11 is 5.19. The molecule has 2 aromatic rings. The Morgan fingerprint density at radius 2 is 2.47 bits per heavy atom. The minimum absolute atomic E-state index is 0.325. The van der Waals surface area contributed by atoms with Gasteiger partial charge in [0.15, 0.2) is 0 Å². The first-order valence-corrected chi connectivity index (χ1v) is 6.19. The predicted molar refractivity (Wildman–Crippen MR) is 63.7 cm³/mol. The van der Waals surface area contributed by atoms with Gasteiger partial charge in [-0.3, -0.25) is 5.10 Å². The number of thiophene rings is 1. The van der Waals surface area contributed by atoms with Gasteiger partial charge in [-0.2, -0.15) is 5.10 Å². The molecule has 2 N–H and O–H groups in total. The molecule has 1 unspecified atom stereocenters. The fourth-order valence-electron chi connectivity index (χ4n) is 1.23. The maximum Gasteiger partial charge on any atom is 0.138 e. The fourth-order valence-corrected chi connectivity index (χ4v) is 2.68. The summed E-state index contributed by atoms with van der Waals surface area (Å²) in [5.74, 6) is 0.859. The summed E-state index contributed by atoms with van der Waals surface area (Å²) in [5, 5.41) is 9.99. The highest BCUT2D eigenvalue weighted by Gasteiger charge is 2.07. The lowest BCUT2D eigenvalue weighted by Gasteiger charge is -2.09. The van der Waals surface area contributed by atoms with Crippen LogP contribution in [0.3, 0.4) is 0 Å². The first-order valence-electron chi connectivity index (χ1n) is 4.58. The van der Waals surface area contributed by atoms with E-state index in [1.807, 2.05) is 0 Å². The molecule has 1 atom stereocenters. The lowest BCUT2D eigenvalue weighted by molar-refractivity contribution is 0.567. The number of rotatable bonds is 4. The molecule has 6 heteroatoms. The van der Waals surface area contributed by atoms with Gasteiger partial charge in [0.25, 0.3) is 0 Å². The molecule has 0 radical (unpaired) electrons. The van der Waals surface area contributed by atoms with Crippen LogP contribution < -0.4 is 5.32 Å². The number of halogens is 1. The number of aromatic nitrogens is 3. The van der Waals surface area contributed by atoms with Gasteiger partial charge in [0, 0.05) is 10.9 Å². The molecule has 0 fully saturated rings. The minimum Gasteiger partial charge on any atom is -0.302 e. The van der Waals surface area contributed by atoms with Gasteiger partial charge in [0.1, 0.15) is 12.2 Å². The van der Waals surface area contributed by atoms with Gasteiger partial charge in [0.05, 0.1) is 10.3 Å². The molecule has 0 aliphatic heterocycles. The van der Waals surface area contributed by atoms with Crippen LogP contribution in [0.1, 0.15) is 23.7 Å². The van der Waals surface area contributed by atoms with Crippen molar-refractivity contribution in [2.75, 3.05) is 0 Å². The average molecular weight is 287 g/mol. The SMILES string of the molecule is CC(NCc1ncn[nH]1)c1ccc(Br)s1. The summed E-state index contributed by atoms with van der Waals surface area (Å²) in [6, 6.07) is 4.51. The third-order valence-corrected chi connectivity index (χ3v) is 3.87. The van der Waals surface area contributed by atoms with Crippen molar-refractivity contribution in [2.45, 2.75) is 19.5 Å². The molecular formula is C9H11BrN4S. The van der Waals surface area contributed by atoms with Gasteiger partial charge < -0.3 is 5.32 Å². The maximum absolute atomic E-state index is 4.05. The molecule has 0 bridgehead atoms. The molecule has 0 aromatic carbocycles. The Balaban J connectivity index is 1.90. The molecule has 0 saturated carbocycles. The summed E-state index contributed by atoms with van der Waals surface area (Å²) in [4.78, 5) is 5.36. The standard InChI is InChI=1S/C9H11BrN4S/c1-6(7-2-3-8(10)15-7)11-4-9-12-5-13-14-9/h2-3,5-6,11H,4H2,1H3,(H,12,13,14). The molecular weight excluding hydrogens is 276 g/mol. The lowest BCUT2D eigenvalue weighted by atomic mass is 10.3. The largest absolute Gasteiger partial charge is 0.302 e. The Kier molecular flexibility index (Phi) is 3.50. The third-order valence-electron chi connectivity index (χ3n) is 2.06. The molecule has 0 amide bonds. The molecule has 4 nitrogen and oxygen atoms in total. The lowest BCUT2D eigenvalue weighted by Crippen LogP contribution is -2.17. The Bertz CT molecular complexity index is 411. The van der Waals surface area contributed by atoms with Crippen molar-refractivity contribution in [3.63, 3.8) is 0 Å². The molecule has 2 aromatic heterocycles. The Morgan fingerprint density at radius 3 is 3.07 bits per heavy atom. The number of hydrogen-bond acceptors (Lipinski definition) is 4. The van der Waals surface area contributed by atoms with Crippen molar-refractivity contribution in [1.29, 1.82) is 0 Å². The van der Waals surface area contributed by atoms with Gasteiger partial charge >= 0.3 is 0 Å². The van der Waals surface area contributed by atoms with Gasteiger partial charge in [-0.25, -0.2) is 4.98 Å². The van der Waals surface area contributed by atoms with Crippen LogP contribution in [0, 0.1) is 0 Å². The molecule has 2 heterocycles. The van der Waals surface area contributed by atoms with E-state index in [4.69, 9.17) is 0 Å². The second-order valence-electron chi connectivity index (χ2n) is 3.18. The van der Waals surface area contributed by atoms with Crippen LogP contribution in [0.15, 0.2) is 22.2 Å². The first-order chi connectivity index (χ1) is 7.25. The van der Waals surface area contributed by atoms with Crippen LogP contribution in [0.5, 0.6) is 0 Å². The highest BCUT2D eigenvalue weighted by molar-refractivity contribution is 9.11. The normalized spacial score (nSPS) is 12.9. The van der Waals surface area contributed by atoms with Gasteiger partial charge in [0.2, 0.25) is 0 Å². The van der Waals surface area contributed by atoms with Crippen LogP contribution in [0.4, 0.5) is 0 Å². The van der Waals surface area contributed by atoms with Crippen LogP contribution in [0.2, 0.25) is 0 Å². The second kappa shape index (κ2) is 4.87. The summed E-state index contributed by atoms with van der Waals surface area (Å²) in [7, 11) is 0. The quantitative estimate of drug-likeness (QED) is 0.908. The van der Waals surface area contributed by atoms with Crippen molar-refractivity contribution in [2.24, 2.45) is 0 Å². The zero-order valence-corrected chi connectivity index (χ0v) is 10.6. The van der Waals surface area contributed by atoms with Gasteiger partial charge in [-0.1, -0.05) is 0 Å². The number of aromatic amines is 1. The van der Waals surface area contributed by atoms with Gasteiger partial charge in [-0.15, -0.1) is 11.3 Å². The van der Waals surface area contributed by atoms with E-state index < -0.39 is 0 Å². The minimum atomic E-state index is 0.325. The number of H-pyrrole nitrogens is 1. The maximum atomic E-state index is 4.05. The number of nitrogens with zero attached hydrogens (tertiary/aromatic N) is 2. The third kappa shape index (κ3) is 2.87. The van der Waals surface area contributed by atoms with E-state index in [2.05, 4.69) is 55.5 Å². The summed E-state index contributed by atoms with van der Waals surface area (Å²) in [6.45, 7) is 2.84. The van der Waals surface area contributed by atoms with E-state index in [-0.39, 0.29) is 0 Å². The van der Waals surface area contributed by atoms with E-state index in [1.54, 1.807) is 11.3 Å². The number of nitrogens with one attached hydrogen (secondary N) is 2. The van der Waals surface area contributed by atoms with Crippen LogP contribution >= 0.6 is 27.3 Å². The zero-order valence-electron chi connectivity index (χ0n) is 8.20. The van der Waals surface area contributed by atoms with Crippen LogP contribution in [-0.4, -0.2) is 15.2 Å². The Labute approximate surface area is 100 Å². The van der Waals surface area contributed by atoms with E-state index in [0.717, 1.165) is 9.61 Å². The summed E-state index contributed by atoms with van der Waals surface area (Å²) in [6.07, 6.45) is 1.52. The van der Waals surface area contributed by atoms with Crippen molar-refractivity contribution in [3.05, 3.63) is 32.9 Å². The molecule has 0 aliphatic rings. The van der Waals surface area contributed by atoms with Crippen molar-refractivity contribution >= 4 is 27.3 Å². The van der Waals surface area contributed by atoms with Crippen LogP contribution in [0.25, 0.3) is 0 Å². The zero-order chi connectivity index (χ0) is 10.7. The Hall–Kier alpha value is -0.720. The molecule has 0 aliphatic carbocycles. The highest BCUT2D eigenvalue weighted by Crippen LogP contribution is 2.26. The van der Waals surface area contributed by atoms with Crippen molar-refractivity contribution in [1.82, 2.24) is 20.5 Å². The monoisotopic (exact) mass is 286 g/mol. The molecule has 80 valence electrons. The molecule has 0 saturated heterocycles. The molecule has 0 spiro atoms.